The van der Waals surface area contributed by atoms with Crippen LogP contribution in [0, 0.1) is 6.92 Å². The third kappa shape index (κ3) is 7.50. The van der Waals surface area contributed by atoms with Crippen molar-refractivity contribution in [2.45, 2.75) is 46.3 Å². The molecule has 176 valence electrons. The summed E-state index contributed by atoms with van der Waals surface area (Å²) in [7, 11) is 3.04. The second-order valence-electron chi connectivity index (χ2n) is 9.01. The van der Waals surface area contributed by atoms with Gasteiger partial charge in [-0.25, -0.2) is 0 Å². The molecule has 0 bridgehead atoms. The minimum atomic E-state index is -0.410. The maximum absolute atomic E-state index is 13.4. The molecule has 0 aliphatic rings. The summed E-state index contributed by atoms with van der Waals surface area (Å²) in [6, 6.07) is 12.5. The lowest BCUT2D eigenvalue weighted by atomic mass is 10.1. The molecule has 0 atom stereocenters. The van der Waals surface area contributed by atoms with E-state index in [0.29, 0.717) is 19.7 Å². The van der Waals surface area contributed by atoms with E-state index in [1.54, 1.807) is 7.11 Å². The number of hydrogen-bond donors (Lipinski definition) is 0. The molecule has 0 spiro atoms. The Kier molecular flexibility index (Phi) is 9.47. The van der Waals surface area contributed by atoms with Gasteiger partial charge < -0.3 is 23.8 Å². The van der Waals surface area contributed by atoms with Gasteiger partial charge in [0.25, 0.3) is 0 Å². The Morgan fingerprint density at radius 1 is 1.03 bits per heavy atom. The average molecular weight is 444 g/mol. The Balaban J connectivity index is 2.19. The highest BCUT2D eigenvalue weighted by Gasteiger charge is 2.29. The number of ether oxygens (including phenoxy) is 2. The first kappa shape index (κ1) is 25.6. The molecule has 7 nitrogen and oxygen atoms in total. The van der Waals surface area contributed by atoms with Gasteiger partial charge in [0.15, 0.2) is 0 Å². The summed E-state index contributed by atoms with van der Waals surface area (Å²) in [6.07, 6.45) is 2.04. The largest absolute Gasteiger partial charge is 0.383 e. The van der Waals surface area contributed by atoms with Crippen molar-refractivity contribution in [3.63, 3.8) is 0 Å². The zero-order valence-electron chi connectivity index (χ0n) is 20.3. The molecular formula is C25H37N3O4. The standard InChI is InChI=1S/C25H37N3O4/c1-20-9-7-10-21(15-20)16-26-12-8-11-22(26)17-28(25(2,3)4)23(29)18-27(13-14-31-5)24(30)19-32-6/h7-12,15H,13-14,16-19H2,1-6H3. The van der Waals surface area contributed by atoms with Crippen LogP contribution in [0.5, 0.6) is 0 Å². The molecule has 0 saturated heterocycles. The Bertz CT molecular complexity index is 885. The fourth-order valence-corrected chi connectivity index (χ4v) is 3.57. The zero-order chi connectivity index (χ0) is 23.7. The number of rotatable bonds is 11. The second-order valence-corrected chi connectivity index (χ2v) is 9.01. The molecule has 2 amide bonds. The van der Waals surface area contributed by atoms with E-state index in [9.17, 15) is 9.59 Å². The molecule has 2 aromatic rings. The minimum Gasteiger partial charge on any atom is -0.383 e. The zero-order valence-corrected chi connectivity index (χ0v) is 20.3. The van der Waals surface area contributed by atoms with Crippen LogP contribution in [0.15, 0.2) is 42.6 Å². The molecule has 0 aliphatic heterocycles. The van der Waals surface area contributed by atoms with Gasteiger partial charge >= 0.3 is 0 Å². The predicted molar refractivity (Wildman–Crippen MR) is 125 cm³/mol. The Morgan fingerprint density at radius 2 is 1.78 bits per heavy atom. The van der Waals surface area contributed by atoms with Crippen molar-refractivity contribution < 1.29 is 19.1 Å². The monoisotopic (exact) mass is 443 g/mol. The van der Waals surface area contributed by atoms with Gasteiger partial charge in [-0.05, 0) is 45.4 Å². The van der Waals surface area contributed by atoms with Crippen molar-refractivity contribution in [3.05, 3.63) is 59.4 Å². The van der Waals surface area contributed by atoms with E-state index in [0.717, 1.165) is 12.2 Å². The molecule has 0 N–H and O–H groups in total. The molecule has 1 aromatic carbocycles. The van der Waals surface area contributed by atoms with Crippen molar-refractivity contribution >= 4 is 11.8 Å². The van der Waals surface area contributed by atoms with Gasteiger partial charge in [0, 0.05) is 44.7 Å². The molecule has 0 radical (unpaired) electrons. The third-order valence-electron chi connectivity index (χ3n) is 5.30. The van der Waals surface area contributed by atoms with E-state index >= 15 is 0 Å². The van der Waals surface area contributed by atoms with E-state index in [1.165, 1.54) is 23.1 Å². The fourth-order valence-electron chi connectivity index (χ4n) is 3.57. The first-order valence-electron chi connectivity index (χ1n) is 10.9. The predicted octanol–water partition coefficient (Wildman–Crippen LogP) is 3.09. The summed E-state index contributed by atoms with van der Waals surface area (Å²) in [4.78, 5) is 29.1. The van der Waals surface area contributed by atoms with Crippen LogP contribution < -0.4 is 0 Å². The average Bonchev–Trinajstić information content (AvgIpc) is 3.15. The number of benzene rings is 1. The normalized spacial score (nSPS) is 11.4. The van der Waals surface area contributed by atoms with E-state index < -0.39 is 5.54 Å². The maximum Gasteiger partial charge on any atom is 0.249 e. The lowest BCUT2D eigenvalue weighted by Crippen LogP contribution is -2.51. The van der Waals surface area contributed by atoms with Crippen LogP contribution in [-0.2, 0) is 32.2 Å². The Labute approximate surface area is 191 Å². The van der Waals surface area contributed by atoms with Crippen LogP contribution in [0.2, 0.25) is 0 Å². The number of amides is 2. The summed E-state index contributed by atoms with van der Waals surface area (Å²) in [5.74, 6) is -0.337. The number of carbonyl (C=O) groups is 2. The van der Waals surface area contributed by atoms with Crippen molar-refractivity contribution in [2.75, 3.05) is 40.5 Å². The fraction of sp³-hybridized carbons (Fsp3) is 0.520. The smallest absolute Gasteiger partial charge is 0.249 e. The number of carbonyl (C=O) groups excluding carboxylic acids is 2. The summed E-state index contributed by atoms with van der Waals surface area (Å²) < 4.78 is 12.3. The van der Waals surface area contributed by atoms with Crippen molar-refractivity contribution in [3.8, 4) is 0 Å². The van der Waals surface area contributed by atoms with Gasteiger partial charge in [0.2, 0.25) is 11.8 Å². The van der Waals surface area contributed by atoms with Gasteiger partial charge in [-0.1, -0.05) is 29.8 Å². The number of aryl methyl sites for hydroxylation is 1. The number of nitrogens with zero attached hydrogens (tertiary/aromatic N) is 3. The van der Waals surface area contributed by atoms with Crippen LogP contribution in [-0.4, -0.2) is 72.2 Å². The molecule has 1 aromatic heterocycles. The minimum absolute atomic E-state index is 0.0125. The van der Waals surface area contributed by atoms with Gasteiger partial charge in [-0.2, -0.15) is 0 Å². The van der Waals surface area contributed by atoms with Crippen LogP contribution in [0.25, 0.3) is 0 Å². The van der Waals surface area contributed by atoms with Crippen molar-refractivity contribution in [1.82, 2.24) is 14.4 Å². The summed E-state index contributed by atoms with van der Waals surface area (Å²) in [6.45, 7) is 9.93. The SMILES string of the molecule is COCCN(CC(=O)N(Cc1cccn1Cc1cccc(C)c1)C(C)(C)C)C(=O)COC. The molecule has 1 heterocycles. The maximum atomic E-state index is 13.4. The molecule has 0 unspecified atom stereocenters. The van der Waals surface area contributed by atoms with Gasteiger partial charge in [0.05, 0.1) is 19.7 Å². The van der Waals surface area contributed by atoms with Crippen molar-refractivity contribution in [2.24, 2.45) is 0 Å². The van der Waals surface area contributed by atoms with Gasteiger partial charge in [-0.3, -0.25) is 9.59 Å². The van der Waals surface area contributed by atoms with Crippen molar-refractivity contribution in [1.29, 1.82) is 0 Å². The molecule has 0 fully saturated rings. The quantitative estimate of drug-likeness (QED) is 0.535. The first-order chi connectivity index (χ1) is 15.2. The highest BCUT2D eigenvalue weighted by molar-refractivity contribution is 5.85. The molecule has 7 heteroatoms. The molecule has 2 rings (SSSR count). The third-order valence-corrected chi connectivity index (χ3v) is 5.30. The van der Waals surface area contributed by atoms with Crippen LogP contribution in [0.3, 0.4) is 0 Å². The highest BCUT2D eigenvalue weighted by Crippen LogP contribution is 2.20. The number of hydrogen-bond acceptors (Lipinski definition) is 4. The summed E-state index contributed by atoms with van der Waals surface area (Å²) in [5.41, 5.74) is 3.07. The topological polar surface area (TPSA) is 64.0 Å². The van der Waals surface area contributed by atoms with E-state index in [-0.39, 0.29) is 25.0 Å². The van der Waals surface area contributed by atoms with E-state index in [4.69, 9.17) is 9.47 Å². The summed E-state index contributed by atoms with van der Waals surface area (Å²) >= 11 is 0. The van der Waals surface area contributed by atoms with Crippen LogP contribution in [0.1, 0.15) is 37.6 Å². The second kappa shape index (κ2) is 11.8. The Morgan fingerprint density at radius 3 is 2.41 bits per heavy atom. The highest BCUT2D eigenvalue weighted by atomic mass is 16.5. The molecular weight excluding hydrogens is 406 g/mol. The molecule has 0 aliphatic carbocycles. The van der Waals surface area contributed by atoms with Crippen LogP contribution >= 0.6 is 0 Å². The molecule has 0 saturated carbocycles. The van der Waals surface area contributed by atoms with Crippen LogP contribution in [0.4, 0.5) is 0 Å². The number of aromatic nitrogens is 1. The summed E-state index contributed by atoms with van der Waals surface area (Å²) in [5, 5.41) is 0. The lowest BCUT2D eigenvalue weighted by molar-refractivity contribution is -0.146. The number of methoxy groups -OCH3 is 2. The lowest BCUT2D eigenvalue weighted by Gasteiger charge is -2.37. The van der Waals surface area contributed by atoms with E-state index in [1.807, 2.05) is 44.0 Å². The molecule has 32 heavy (non-hydrogen) atoms. The van der Waals surface area contributed by atoms with Gasteiger partial charge in [0.1, 0.15) is 6.61 Å². The van der Waals surface area contributed by atoms with E-state index in [2.05, 4.69) is 35.8 Å². The van der Waals surface area contributed by atoms with Gasteiger partial charge in [-0.15, -0.1) is 0 Å². The first-order valence-corrected chi connectivity index (χ1v) is 10.9. The Hall–Kier alpha value is -2.64.